The molecule has 0 radical (unpaired) electrons. The van der Waals surface area contributed by atoms with Gasteiger partial charge in [-0.05, 0) is 68.6 Å². The van der Waals surface area contributed by atoms with Gasteiger partial charge in [0, 0.05) is 13.2 Å². The van der Waals surface area contributed by atoms with Crippen LogP contribution < -0.4 is 0 Å². The van der Waals surface area contributed by atoms with Gasteiger partial charge in [0.05, 0.1) is 0 Å². The van der Waals surface area contributed by atoms with Crippen molar-refractivity contribution >= 4 is 0 Å². The molecule has 1 heterocycles. The van der Waals surface area contributed by atoms with Crippen LogP contribution in [0.1, 0.15) is 51.4 Å². The summed E-state index contributed by atoms with van der Waals surface area (Å²) in [6.45, 7) is 2.02. The van der Waals surface area contributed by atoms with Crippen molar-refractivity contribution in [1.82, 2.24) is 0 Å². The van der Waals surface area contributed by atoms with Gasteiger partial charge < -0.3 is 4.74 Å². The Morgan fingerprint density at radius 1 is 0.842 bits per heavy atom. The number of ether oxygens (including phenoxy) is 1. The topological polar surface area (TPSA) is 9.23 Å². The van der Waals surface area contributed by atoms with E-state index >= 15 is 0 Å². The summed E-state index contributed by atoms with van der Waals surface area (Å²) >= 11 is 0. The second-order valence-corrected chi connectivity index (χ2v) is 7.03. The van der Waals surface area contributed by atoms with E-state index < -0.39 is 0 Å². The third-order valence-corrected chi connectivity index (χ3v) is 6.09. The van der Waals surface area contributed by atoms with Crippen LogP contribution in [0.4, 0.5) is 0 Å². The van der Waals surface area contributed by atoms with E-state index in [1.165, 1.54) is 51.4 Å². The van der Waals surface area contributed by atoms with E-state index in [2.05, 4.69) is 12.2 Å². The van der Waals surface area contributed by atoms with E-state index in [1.54, 1.807) is 5.57 Å². The Kier molecular flexibility index (Phi) is 3.27. The molecule has 19 heavy (non-hydrogen) atoms. The molecule has 0 amide bonds. The van der Waals surface area contributed by atoms with Crippen LogP contribution in [0.3, 0.4) is 0 Å². The van der Waals surface area contributed by atoms with Crippen LogP contribution in [0.2, 0.25) is 0 Å². The third-order valence-electron chi connectivity index (χ3n) is 6.09. The molecule has 104 valence electrons. The van der Waals surface area contributed by atoms with E-state index in [0.29, 0.717) is 0 Å². The zero-order chi connectivity index (χ0) is 12.7. The third kappa shape index (κ3) is 2.11. The van der Waals surface area contributed by atoms with Gasteiger partial charge in [-0.15, -0.1) is 0 Å². The van der Waals surface area contributed by atoms with Crippen molar-refractivity contribution in [3.63, 3.8) is 0 Å². The zero-order valence-corrected chi connectivity index (χ0v) is 11.9. The summed E-state index contributed by atoms with van der Waals surface area (Å²) in [5.74, 6) is 3.49. The van der Waals surface area contributed by atoms with E-state index in [0.717, 1.165) is 36.9 Å². The molecule has 0 N–H and O–H groups in total. The van der Waals surface area contributed by atoms with Crippen LogP contribution in [0, 0.1) is 23.7 Å². The molecule has 0 aromatic rings. The fourth-order valence-corrected chi connectivity index (χ4v) is 5.17. The fraction of sp³-hybridized carbons (Fsp3) is 0.778. The first-order valence-corrected chi connectivity index (χ1v) is 8.42. The lowest BCUT2D eigenvalue weighted by Crippen LogP contribution is -2.35. The first-order valence-electron chi connectivity index (χ1n) is 8.42. The lowest BCUT2D eigenvalue weighted by atomic mass is 9.60. The van der Waals surface area contributed by atoms with Crippen molar-refractivity contribution in [1.29, 1.82) is 0 Å². The van der Waals surface area contributed by atoms with Crippen molar-refractivity contribution in [2.24, 2.45) is 23.7 Å². The van der Waals surface area contributed by atoms with Gasteiger partial charge in [0.25, 0.3) is 0 Å². The maximum atomic E-state index is 5.81. The number of allylic oxidation sites excluding steroid dienone is 4. The van der Waals surface area contributed by atoms with Gasteiger partial charge in [0.1, 0.15) is 0 Å². The Bertz CT molecular complexity index is 406. The highest BCUT2D eigenvalue weighted by Gasteiger charge is 2.41. The summed E-state index contributed by atoms with van der Waals surface area (Å²) in [4.78, 5) is 0. The number of hydrogen-bond acceptors (Lipinski definition) is 1. The maximum absolute atomic E-state index is 5.81. The average Bonchev–Trinajstić information content (AvgIpc) is 2.72. The maximum Gasteiger partial charge on any atom is 0.0500 e. The molecule has 4 rings (SSSR count). The van der Waals surface area contributed by atoms with Gasteiger partial charge in [0.2, 0.25) is 0 Å². The van der Waals surface area contributed by atoms with Crippen molar-refractivity contribution in [3.8, 4) is 0 Å². The lowest BCUT2D eigenvalue weighted by Gasteiger charge is -2.45. The molecule has 0 bridgehead atoms. The number of rotatable bonds is 0. The van der Waals surface area contributed by atoms with Gasteiger partial charge in [-0.3, -0.25) is 0 Å². The Labute approximate surface area is 117 Å². The molecule has 1 aliphatic heterocycles. The summed E-state index contributed by atoms with van der Waals surface area (Å²) in [6, 6.07) is 0. The number of fused-ring (bicyclic) bond motifs is 5. The minimum atomic E-state index is 0.823. The van der Waals surface area contributed by atoms with Crippen LogP contribution >= 0.6 is 0 Å². The summed E-state index contributed by atoms with van der Waals surface area (Å²) in [5, 5.41) is 0. The first-order chi connectivity index (χ1) is 9.43. The molecule has 4 unspecified atom stereocenters. The van der Waals surface area contributed by atoms with Crippen molar-refractivity contribution < 1.29 is 4.74 Å². The SMILES string of the molecule is C1=C2CCCCC2C2CCC3COCCCC3C2=C1. The predicted molar refractivity (Wildman–Crippen MR) is 77.9 cm³/mol. The molecule has 4 atom stereocenters. The van der Waals surface area contributed by atoms with Gasteiger partial charge in [-0.1, -0.05) is 29.7 Å². The van der Waals surface area contributed by atoms with Crippen molar-refractivity contribution in [2.45, 2.75) is 51.4 Å². The minimum Gasteiger partial charge on any atom is -0.381 e. The van der Waals surface area contributed by atoms with Crippen molar-refractivity contribution in [3.05, 3.63) is 23.3 Å². The molecule has 1 saturated heterocycles. The van der Waals surface area contributed by atoms with E-state index in [-0.39, 0.29) is 0 Å². The molecule has 0 spiro atoms. The van der Waals surface area contributed by atoms with Crippen LogP contribution in [-0.2, 0) is 4.74 Å². The minimum absolute atomic E-state index is 0.823. The summed E-state index contributed by atoms with van der Waals surface area (Å²) in [5.41, 5.74) is 3.60. The molecule has 0 aromatic heterocycles. The summed E-state index contributed by atoms with van der Waals surface area (Å²) < 4.78 is 5.81. The van der Waals surface area contributed by atoms with E-state index in [9.17, 15) is 0 Å². The molecule has 1 nitrogen and oxygen atoms in total. The molecular formula is C18H26O. The quantitative estimate of drug-likeness (QED) is 0.622. The van der Waals surface area contributed by atoms with Gasteiger partial charge in [-0.2, -0.15) is 0 Å². The smallest absolute Gasteiger partial charge is 0.0500 e. The largest absolute Gasteiger partial charge is 0.381 e. The average molecular weight is 258 g/mol. The molecule has 2 saturated carbocycles. The van der Waals surface area contributed by atoms with Gasteiger partial charge >= 0.3 is 0 Å². The zero-order valence-electron chi connectivity index (χ0n) is 11.9. The highest BCUT2D eigenvalue weighted by molar-refractivity contribution is 5.33. The molecule has 4 aliphatic rings. The number of hydrogen-bond donors (Lipinski definition) is 0. The van der Waals surface area contributed by atoms with E-state index in [1.807, 2.05) is 5.57 Å². The summed E-state index contributed by atoms with van der Waals surface area (Å²) in [6.07, 6.45) is 16.3. The van der Waals surface area contributed by atoms with Gasteiger partial charge in [0.15, 0.2) is 0 Å². The first kappa shape index (κ1) is 12.2. The van der Waals surface area contributed by atoms with Crippen molar-refractivity contribution in [2.75, 3.05) is 13.2 Å². The fourth-order valence-electron chi connectivity index (χ4n) is 5.17. The van der Waals surface area contributed by atoms with Crippen LogP contribution in [0.25, 0.3) is 0 Å². The second-order valence-electron chi connectivity index (χ2n) is 7.03. The van der Waals surface area contributed by atoms with Crippen LogP contribution in [0.5, 0.6) is 0 Å². The Balaban J connectivity index is 1.64. The Hall–Kier alpha value is -0.560. The van der Waals surface area contributed by atoms with Crippen LogP contribution in [0.15, 0.2) is 23.3 Å². The highest BCUT2D eigenvalue weighted by atomic mass is 16.5. The normalized spacial score (nSPS) is 42.1. The second kappa shape index (κ2) is 5.09. The molecule has 1 heteroatoms. The Morgan fingerprint density at radius 2 is 1.79 bits per heavy atom. The summed E-state index contributed by atoms with van der Waals surface area (Å²) in [7, 11) is 0. The predicted octanol–water partition coefficient (Wildman–Crippen LogP) is 4.50. The molecule has 3 aliphatic carbocycles. The van der Waals surface area contributed by atoms with E-state index in [4.69, 9.17) is 4.74 Å². The molecular weight excluding hydrogens is 232 g/mol. The standard InChI is InChI=1S/C18H26O/c1-2-5-15-13(4-1)7-9-18-16-6-3-11-19-12-14(16)8-10-17(15)18/h7,9,14-17H,1-6,8,10-12H2. The molecule has 3 fully saturated rings. The highest BCUT2D eigenvalue weighted by Crippen LogP contribution is 2.51. The van der Waals surface area contributed by atoms with Gasteiger partial charge in [-0.25, -0.2) is 0 Å². The molecule has 0 aromatic carbocycles. The van der Waals surface area contributed by atoms with Crippen LogP contribution in [-0.4, -0.2) is 13.2 Å². The monoisotopic (exact) mass is 258 g/mol. The lowest BCUT2D eigenvalue weighted by molar-refractivity contribution is 0.0883. The Morgan fingerprint density at radius 3 is 2.79 bits per heavy atom.